The second kappa shape index (κ2) is 5.21. The number of rotatable bonds is 3. The SMILES string of the molecule is CCn1cc(Cl)c(-c2nc(-c3cccc(N)c3C)no2)n1. The highest BCUT2D eigenvalue weighted by Gasteiger charge is 2.18. The molecule has 0 bridgehead atoms. The summed E-state index contributed by atoms with van der Waals surface area (Å²) in [5, 5.41) is 8.78. The van der Waals surface area contributed by atoms with Crippen molar-refractivity contribution in [2.75, 3.05) is 5.73 Å². The second-order valence-electron chi connectivity index (χ2n) is 4.62. The first-order chi connectivity index (χ1) is 10.1. The number of hydrogen-bond acceptors (Lipinski definition) is 5. The number of halogens is 1. The topological polar surface area (TPSA) is 82.8 Å². The maximum Gasteiger partial charge on any atom is 0.280 e. The van der Waals surface area contributed by atoms with E-state index in [1.165, 1.54) is 0 Å². The van der Waals surface area contributed by atoms with Crippen LogP contribution in [0.3, 0.4) is 0 Å². The van der Waals surface area contributed by atoms with Crippen LogP contribution in [0.4, 0.5) is 5.69 Å². The Hall–Kier alpha value is -2.34. The number of aromatic nitrogens is 4. The van der Waals surface area contributed by atoms with Crippen LogP contribution in [0.15, 0.2) is 28.9 Å². The summed E-state index contributed by atoms with van der Waals surface area (Å²) in [4.78, 5) is 4.37. The Bertz CT molecular complexity index is 793. The normalized spacial score (nSPS) is 11.0. The highest BCUT2D eigenvalue weighted by Crippen LogP contribution is 2.29. The van der Waals surface area contributed by atoms with E-state index in [4.69, 9.17) is 21.9 Å². The molecule has 0 aliphatic carbocycles. The van der Waals surface area contributed by atoms with Gasteiger partial charge < -0.3 is 10.3 Å². The zero-order valence-corrected chi connectivity index (χ0v) is 12.4. The minimum Gasteiger partial charge on any atom is -0.398 e. The van der Waals surface area contributed by atoms with E-state index in [0.717, 1.165) is 17.7 Å². The number of aryl methyl sites for hydroxylation is 1. The Morgan fingerprint density at radius 2 is 2.19 bits per heavy atom. The molecule has 0 atom stereocenters. The number of nitrogen functional groups attached to an aromatic ring is 1. The molecule has 0 unspecified atom stereocenters. The Morgan fingerprint density at radius 1 is 1.38 bits per heavy atom. The number of benzene rings is 1. The summed E-state index contributed by atoms with van der Waals surface area (Å²) in [6, 6.07) is 5.58. The molecular weight excluding hydrogens is 290 g/mol. The fraction of sp³-hybridized carbons (Fsp3) is 0.214. The molecular formula is C14H14ClN5O. The summed E-state index contributed by atoms with van der Waals surface area (Å²) < 4.78 is 6.99. The van der Waals surface area contributed by atoms with Gasteiger partial charge in [0.2, 0.25) is 5.82 Å². The molecule has 0 fully saturated rings. The average Bonchev–Trinajstić information content (AvgIpc) is 3.08. The Kier molecular flexibility index (Phi) is 3.39. The lowest BCUT2D eigenvalue weighted by Crippen LogP contribution is -1.94. The van der Waals surface area contributed by atoms with Crippen LogP contribution in [0, 0.1) is 6.92 Å². The Morgan fingerprint density at radius 3 is 2.90 bits per heavy atom. The summed E-state index contributed by atoms with van der Waals surface area (Å²) in [7, 11) is 0. The van der Waals surface area contributed by atoms with Gasteiger partial charge in [0.05, 0.1) is 5.02 Å². The standard InChI is InChI=1S/C14H14ClN5O/c1-3-20-7-10(15)12(18-20)14-17-13(19-21-14)9-5-4-6-11(16)8(9)2/h4-7H,3,16H2,1-2H3. The monoisotopic (exact) mass is 303 g/mol. The molecule has 2 aromatic heterocycles. The minimum absolute atomic E-state index is 0.295. The molecule has 2 N–H and O–H groups in total. The molecule has 0 spiro atoms. The zero-order chi connectivity index (χ0) is 15.0. The first kappa shape index (κ1) is 13.6. The smallest absolute Gasteiger partial charge is 0.280 e. The summed E-state index contributed by atoms with van der Waals surface area (Å²) >= 11 is 6.14. The maximum absolute atomic E-state index is 6.14. The van der Waals surface area contributed by atoms with Crippen molar-refractivity contribution in [3.63, 3.8) is 0 Å². The number of nitrogens with zero attached hydrogens (tertiary/aromatic N) is 4. The lowest BCUT2D eigenvalue weighted by atomic mass is 10.1. The van der Waals surface area contributed by atoms with E-state index in [1.54, 1.807) is 10.9 Å². The molecule has 0 amide bonds. The van der Waals surface area contributed by atoms with Gasteiger partial charge in [0.25, 0.3) is 5.89 Å². The lowest BCUT2D eigenvalue weighted by Gasteiger charge is -2.03. The van der Waals surface area contributed by atoms with Crippen molar-refractivity contribution in [3.05, 3.63) is 35.0 Å². The summed E-state index contributed by atoms with van der Waals surface area (Å²) in [6.07, 6.45) is 1.73. The average molecular weight is 304 g/mol. The van der Waals surface area contributed by atoms with Gasteiger partial charge in [0.15, 0.2) is 5.69 Å². The molecule has 2 heterocycles. The van der Waals surface area contributed by atoms with Crippen LogP contribution in [-0.4, -0.2) is 19.9 Å². The largest absolute Gasteiger partial charge is 0.398 e. The van der Waals surface area contributed by atoms with Gasteiger partial charge in [-0.2, -0.15) is 10.1 Å². The van der Waals surface area contributed by atoms with Crippen LogP contribution >= 0.6 is 11.6 Å². The van der Waals surface area contributed by atoms with Crippen LogP contribution in [0.25, 0.3) is 23.0 Å². The van der Waals surface area contributed by atoms with Gasteiger partial charge in [0, 0.05) is 24.0 Å². The lowest BCUT2D eigenvalue weighted by molar-refractivity contribution is 0.430. The third kappa shape index (κ3) is 2.38. The zero-order valence-electron chi connectivity index (χ0n) is 11.7. The van der Waals surface area contributed by atoms with Gasteiger partial charge in [0.1, 0.15) is 0 Å². The third-order valence-corrected chi connectivity index (χ3v) is 3.56. The molecule has 0 saturated heterocycles. The van der Waals surface area contributed by atoms with E-state index < -0.39 is 0 Å². The van der Waals surface area contributed by atoms with Crippen molar-refractivity contribution < 1.29 is 4.52 Å². The molecule has 108 valence electrons. The van der Waals surface area contributed by atoms with E-state index in [1.807, 2.05) is 32.0 Å². The number of anilines is 1. The Balaban J connectivity index is 2.03. The van der Waals surface area contributed by atoms with Gasteiger partial charge in [-0.1, -0.05) is 28.9 Å². The molecule has 7 heteroatoms. The van der Waals surface area contributed by atoms with E-state index >= 15 is 0 Å². The van der Waals surface area contributed by atoms with E-state index in [-0.39, 0.29) is 0 Å². The van der Waals surface area contributed by atoms with Gasteiger partial charge in [-0.15, -0.1) is 0 Å². The summed E-state index contributed by atoms with van der Waals surface area (Å²) in [6.45, 7) is 4.61. The molecule has 6 nitrogen and oxygen atoms in total. The van der Waals surface area contributed by atoms with Crippen LogP contribution in [-0.2, 0) is 6.54 Å². The number of hydrogen-bond donors (Lipinski definition) is 1. The van der Waals surface area contributed by atoms with Gasteiger partial charge in [-0.25, -0.2) is 0 Å². The van der Waals surface area contributed by atoms with Gasteiger partial charge in [-0.3, -0.25) is 4.68 Å². The molecule has 0 aliphatic rings. The Labute approximate surface area is 126 Å². The summed E-state index contributed by atoms with van der Waals surface area (Å²) in [5.74, 6) is 0.765. The maximum atomic E-state index is 6.14. The van der Waals surface area contributed by atoms with Crippen molar-refractivity contribution in [2.45, 2.75) is 20.4 Å². The summed E-state index contributed by atoms with van der Waals surface area (Å²) in [5.41, 5.74) is 8.81. The minimum atomic E-state index is 0.295. The fourth-order valence-corrected chi connectivity index (χ4v) is 2.26. The van der Waals surface area contributed by atoms with Crippen molar-refractivity contribution in [3.8, 4) is 23.0 Å². The van der Waals surface area contributed by atoms with E-state index in [0.29, 0.717) is 28.1 Å². The van der Waals surface area contributed by atoms with Crippen LogP contribution in [0.5, 0.6) is 0 Å². The third-order valence-electron chi connectivity index (χ3n) is 3.29. The molecule has 0 aliphatic heterocycles. The molecule has 21 heavy (non-hydrogen) atoms. The molecule has 0 saturated carbocycles. The molecule has 3 rings (SSSR count). The van der Waals surface area contributed by atoms with E-state index in [2.05, 4.69) is 15.2 Å². The predicted octanol–water partition coefficient (Wildman–Crippen LogP) is 3.16. The van der Waals surface area contributed by atoms with Crippen LogP contribution in [0.1, 0.15) is 12.5 Å². The highest BCUT2D eigenvalue weighted by molar-refractivity contribution is 6.32. The van der Waals surface area contributed by atoms with Gasteiger partial charge in [-0.05, 0) is 25.5 Å². The second-order valence-corrected chi connectivity index (χ2v) is 5.03. The predicted molar refractivity (Wildman–Crippen MR) is 80.8 cm³/mol. The molecule has 3 aromatic rings. The van der Waals surface area contributed by atoms with Crippen LogP contribution < -0.4 is 5.73 Å². The molecule has 1 aromatic carbocycles. The molecule has 0 radical (unpaired) electrons. The van der Waals surface area contributed by atoms with Gasteiger partial charge >= 0.3 is 0 Å². The van der Waals surface area contributed by atoms with Crippen molar-refractivity contribution in [1.82, 2.24) is 19.9 Å². The first-order valence-electron chi connectivity index (χ1n) is 6.52. The highest BCUT2D eigenvalue weighted by atomic mass is 35.5. The van der Waals surface area contributed by atoms with Crippen LogP contribution in [0.2, 0.25) is 5.02 Å². The van der Waals surface area contributed by atoms with Crippen molar-refractivity contribution in [1.29, 1.82) is 0 Å². The van der Waals surface area contributed by atoms with Crippen molar-refractivity contribution in [2.24, 2.45) is 0 Å². The van der Waals surface area contributed by atoms with Crippen molar-refractivity contribution >= 4 is 17.3 Å². The number of nitrogens with two attached hydrogens (primary N) is 1. The first-order valence-corrected chi connectivity index (χ1v) is 6.90. The van der Waals surface area contributed by atoms with E-state index in [9.17, 15) is 0 Å². The quantitative estimate of drug-likeness (QED) is 0.751. The fourth-order valence-electron chi connectivity index (χ4n) is 2.03.